The van der Waals surface area contributed by atoms with E-state index in [4.69, 9.17) is 9.84 Å². The van der Waals surface area contributed by atoms with Gasteiger partial charge in [0.2, 0.25) is 5.91 Å². The number of fused-ring (bicyclic) bond motifs is 3. The molecule has 0 saturated heterocycles. The van der Waals surface area contributed by atoms with Crippen LogP contribution in [0.3, 0.4) is 0 Å². The average Bonchev–Trinajstić information content (AvgIpc) is 3.13. The lowest BCUT2D eigenvalue weighted by Crippen LogP contribution is -2.44. The second-order valence-electron chi connectivity index (χ2n) is 8.46. The van der Waals surface area contributed by atoms with Crippen LogP contribution < -0.4 is 10.6 Å². The smallest absolute Gasteiger partial charge is 0.407 e. The van der Waals surface area contributed by atoms with Gasteiger partial charge in [0.05, 0.1) is 0 Å². The molecular weight excluding hydrogens is 512 g/mol. The Labute approximate surface area is 211 Å². The van der Waals surface area contributed by atoms with Crippen LogP contribution in [0.1, 0.15) is 35.4 Å². The van der Waals surface area contributed by atoms with Crippen molar-refractivity contribution in [2.45, 2.75) is 31.7 Å². The molecule has 0 heterocycles. The largest absolute Gasteiger partial charge is 0.481 e. The van der Waals surface area contributed by atoms with Crippen LogP contribution in [0.2, 0.25) is 0 Å². The van der Waals surface area contributed by atoms with E-state index in [1.807, 2.05) is 61.5 Å². The van der Waals surface area contributed by atoms with Crippen molar-refractivity contribution < 1.29 is 24.2 Å². The molecule has 0 bridgehead atoms. The lowest BCUT2D eigenvalue weighted by molar-refractivity contribution is -0.137. The third-order valence-electron chi connectivity index (χ3n) is 5.91. The van der Waals surface area contributed by atoms with Gasteiger partial charge < -0.3 is 20.5 Å². The Morgan fingerprint density at radius 1 is 1.00 bits per heavy atom. The Kier molecular flexibility index (Phi) is 7.51. The zero-order valence-corrected chi connectivity index (χ0v) is 20.7. The predicted molar refractivity (Wildman–Crippen MR) is 136 cm³/mol. The molecule has 35 heavy (non-hydrogen) atoms. The highest BCUT2D eigenvalue weighted by Crippen LogP contribution is 2.44. The lowest BCUT2D eigenvalue weighted by Gasteiger charge is -2.19. The monoisotopic (exact) mass is 536 g/mol. The van der Waals surface area contributed by atoms with E-state index in [-0.39, 0.29) is 25.4 Å². The van der Waals surface area contributed by atoms with Gasteiger partial charge in [-0.25, -0.2) is 4.79 Å². The number of nitrogens with one attached hydrogen (secondary N) is 2. The van der Waals surface area contributed by atoms with Crippen molar-refractivity contribution in [3.05, 3.63) is 87.9 Å². The van der Waals surface area contributed by atoms with Crippen LogP contribution in [0.25, 0.3) is 11.1 Å². The van der Waals surface area contributed by atoms with Gasteiger partial charge in [-0.2, -0.15) is 0 Å². The molecule has 3 N–H and O–H groups in total. The van der Waals surface area contributed by atoms with Gasteiger partial charge in [0.1, 0.15) is 12.6 Å². The van der Waals surface area contributed by atoms with Gasteiger partial charge in [-0.1, -0.05) is 64.5 Å². The van der Waals surface area contributed by atoms with Gasteiger partial charge >= 0.3 is 12.1 Å². The fourth-order valence-corrected chi connectivity index (χ4v) is 4.96. The number of halogens is 1. The summed E-state index contributed by atoms with van der Waals surface area (Å²) in [6.07, 6.45) is -1.12. The van der Waals surface area contributed by atoms with Crippen molar-refractivity contribution in [1.29, 1.82) is 0 Å². The van der Waals surface area contributed by atoms with E-state index in [0.717, 1.165) is 32.3 Å². The molecule has 0 radical (unpaired) electrons. The first-order valence-corrected chi connectivity index (χ1v) is 12.0. The summed E-state index contributed by atoms with van der Waals surface area (Å²) in [5.41, 5.74) is 5.84. The van der Waals surface area contributed by atoms with E-state index in [1.165, 1.54) is 0 Å². The summed E-state index contributed by atoms with van der Waals surface area (Å²) in [5, 5.41) is 14.4. The van der Waals surface area contributed by atoms with Crippen molar-refractivity contribution in [2.24, 2.45) is 0 Å². The molecule has 0 saturated carbocycles. The number of carboxylic acid groups (broad SMARTS) is 1. The predicted octanol–water partition coefficient (Wildman–Crippen LogP) is 5.47. The summed E-state index contributed by atoms with van der Waals surface area (Å²) in [6, 6.07) is 20.3. The molecule has 180 valence electrons. The Balaban J connectivity index is 1.43. The molecule has 1 unspecified atom stereocenters. The van der Waals surface area contributed by atoms with Crippen LogP contribution in [0, 0.1) is 6.92 Å². The topological polar surface area (TPSA) is 105 Å². The van der Waals surface area contributed by atoms with Crippen LogP contribution in [0.15, 0.2) is 71.2 Å². The minimum Gasteiger partial charge on any atom is -0.481 e. The first-order valence-electron chi connectivity index (χ1n) is 11.2. The maximum absolute atomic E-state index is 12.9. The highest BCUT2D eigenvalue weighted by Gasteiger charge is 2.30. The van der Waals surface area contributed by atoms with E-state index in [9.17, 15) is 14.4 Å². The summed E-state index contributed by atoms with van der Waals surface area (Å²) in [5.74, 6) is -1.70. The molecule has 0 aromatic heterocycles. The summed E-state index contributed by atoms with van der Waals surface area (Å²) in [6.45, 7) is 1.98. The highest BCUT2D eigenvalue weighted by molar-refractivity contribution is 9.10. The molecule has 2 amide bonds. The van der Waals surface area contributed by atoms with E-state index < -0.39 is 24.0 Å². The minimum atomic E-state index is -1.07. The number of benzene rings is 3. The van der Waals surface area contributed by atoms with Gasteiger partial charge in [0.15, 0.2) is 0 Å². The Hall–Kier alpha value is -3.65. The number of carboxylic acids is 1. The summed E-state index contributed by atoms with van der Waals surface area (Å²) < 4.78 is 6.32. The molecule has 1 atom stereocenters. The Morgan fingerprint density at radius 3 is 2.23 bits per heavy atom. The van der Waals surface area contributed by atoms with E-state index in [0.29, 0.717) is 5.69 Å². The highest BCUT2D eigenvalue weighted by atomic mass is 79.9. The number of aliphatic carboxylic acids is 1. The lowest BCUT2D eigenvalue weighted by atomic mass is 9.98. The second kappa shape index (κ2) is 10.7. The zero-order chi connectivity index (χ0) is 24.9. The third kappa shape index (κ3) is 5.89. The van der Waals surface area contributed by atoms with Gasteiger partial charge in [0, 0.05) is 22.5 Å². The quantitative estimate of drug-likeness (QED) is 0.354. The third-order valence-corrected chi connectivity index (χ3v) is 6.37. The van der Waals surface area contributed by atoms with Crippen molar-refractivity contribution in [3.63, 3.8) is 0 Å². The fourth-order valence-electron chi connectivity index (χ4n) is 4.36. The number of anilines is 1. The molecular formula is C27H25BrN2O5. The molecule has 0 aliphatic heterocycles. The van der Waals surface area contributed by atoms with E-state index in [1.54, 1.807) is 12.1 Å². The zero-order valence-electron chi connectivity index (χ0n) is 19.1. The van der Waals surface area contributed by atoms with Crippen LogP contribution in [0.4, 0.5) is 10.5 Å². The number of aryl methyl sites for hydroxylation is 1. The van der Waals surface area contributed by atoms with Gasteiger partial charge in [0.25, 0.3) is 0 Å². The van der Waals surface area contributed by atoms with Gasteiger partial charge in [-0.15, -0.1) is 0 Å². The van der Waals surface area contributed by atoms with Crippen LogP contribution >= 0.6 is 15.9 Å². The number of rotatable bonds is 8. The van der Waals surface area contributed by atoms with E-state index in [2.05, 4.69) is 26.6 Å². The summed E-state index contributed by atoms with van der Waals surface area (Å²) >= 11 is 3.39. The molecule has 3 aromatic carbocycles. The molecule has 1 aliphatic carbocycles. The first-order chi connectivity index (χ1) is 16.8. The molecule has 3 aromatic rings. The molecule has 8 heteroatoms. The van der Waals surface area contributed by atoms with Crippen molar-refractivity contribution >= 4 is 39.6 Å². The Bertz CT molecular complexity index is 1210. The van der Waals surface area contributed by atoms with Gasteiger partial charge in [-0.05, 0) is 59.4 Å². The SMILES string of the molecule is Cc1cc(Br)cc(NC(=O)C(CCC(=O)O)NC(=O)OCC2c3ccccc3-c3ccccc32)c1. The average molecular weight is 537 g/mol. The minimum absolute atomic E-state index is 0.0711. The number of carbonyl (C=O) groups is 3. The first kappa shape index (κ1) is 24.5. The van der Waals surface area contributed by atoms with E-state index >= 15 is 0 Å². The number of amides is 2. The summed E-state index contributed by atoms with van der Waals surface area (Å²) in [7, 11) is 0. The van der Waals surface area contributed by atoms with Crippen LogP contribution in [0.5, 0.6) is 0 Å². The molecule has 4 rings (SSSR count). The Morgan fingerprint density at radius 2 is 1.63 bits per heavy atom. The van der Waals surface area contributed by atoms with Crippen molar-refractivity contribution in [2.75, 3.05) is 11.9 Å². The number of hydrogen-bond donors (Lipinski definition) is 3. The number of hydrogen-bond acceptors (Lipinski definition) is 4. The fraction of sp³-hybridized carbons (Fsp3) is 0.222. The van der Waals surface area contributed by atoms with Crippen LogP contribution in [-0.2, 0) is 14.3 Å². The molecule has 0 fully saturated rings. The molecule has 1 aliphatic rings. The van der Waals surface area contributed by atoms with Gasteiger partial charge in [-0.3, -0.25) is 9.59 Å². The van der Waals surface area contributed by atoms with Crippen molar-refractivity contribution in [3.8, 4) is 11.1 Å². The normalized spacial score (nSPS) is 12.9. The number of carbonyl (C=O) groups excluding carboxylic acids is 2. The second-order valence-corrected chi connectivity index (χ2v) is 9.38. The maximum atomic E-state index is 12.9. The molecule has 0 spiro atoms. The summed E-state index contributed by atoms with van der Waals surface area (Å²) in [4.78, 5) is 36.7. The molecule has 7 nitrogen and oxygen atoms in total. The standard InChI is InChI=1S/C27H25BrN2O5/c1-16-12-17(28)14-18(13-16)29-26(33)24(10-11-25(31)32)30-27(34)35-15-23-21-8-4-2-6-19(21)20-7-3-5-9-22(20)23/h2-9,12-14,23-24H,10-11,15H2,1H3,(H,29,33)(H,30,34)(H,31,32). The number of ether oxygens (including phenoxy) is 1. The number of alkyl carbamates (subject to hydrolysis) is 1. The maximum Gasteiger partial charge on any atom is 0.407 e. The van der Waals surface area contributed by atoms with Crippen molar-refractivity contribution in [1.82, 2.24) is 5.32 Å². The van der Waals surface area contributed by atoms with Crippen LogP contribution in [-0.4, -0.2) is 35.7 Å².